The quantitative estimate of drug-likeness (QED) is 0.242. The molecule has 1 rings (SSSR count). The number of halogens is 3. The van der Waals surface area contributed by atoms with E-state index in [1.807, 2.05) is 0 Å². The molecule has 0 radical (unpaired) electrons. The van der Waals surface area contributed by atoms with E-state index in [-0.39, 0.29) is 25.2 Å². The number of ether oxygens (including phenoxy) is 1. The zero-order valence-electron chi connectivity index (χ0n) is 12.0. The summed E-state index contributed by atoms with van der Waals surface area (Å²) in [6.07, 6.45) is 0.780. The van der Waals surface area contributed by atoms with Gasteiger partial charge in [0.15, 0.2) is 5.96 Å². The van der Waals surface area contributed by atoms with E-state index in [2.05, 4.69) is 15.4 Å². The Bertz CT molecular complexity index is 609. The third kappa shape index (κ3) is 5.72. The van der Waals surface area contributed by atoms with Crippen LogP contribution in [0.4, 0.5) is 0 Å². The van der Waals surface area contributed by atoms with Gasteiger partial charge in [-0.1, -0.05) is 34.8 Å². The van der Waals surface area contributed by atoms with E-state index in [1.54, 1.807) is 0 Å². The number of hydrogen-bond acceptors (Lipinski definition) is 5. The van der Waals surface area contributed by atoms with E-state index < -0.39 is 17.9 Å². The lowest BCUT2D eigenvalue weighted by Crippen LogP contribution is -2.42. The first-order valence-electron chi connectivity index (χ1n) is 6.37. The molecule has 0 unspecified atom stereocenters. The maximum Gasteiger partial charge on any atom is 0.328 e. The number of nitrogens with one attached hydrogen (secondary N) is 3. The fraction of sp³-hybridized carbons (Fsp3) is 0.417. The summed E-state index contributed by atoms with van der Waals surface area (Å²) in [5, 5.41) is 12.3. The normalized spacial score (nSPS) is 11.7. The number of amides is 1. The van der Waals surface area contributed by atoms with Gasteiger partial charge in [-0.2, -0.15) is 0 Å². The largest absolute Gasteiger partial charge is 0.467 e. The molecule has 0 aliphatic heterocycles. The number of carbonyl (C=O) groups is 2. The number of carbonyl (C=O) groups excluding carboxylic acids is 2. The highest BCUT2D eigenvalue weighted by Gasteiger charge is 2.25. The molecule has 0 fully saturated rings. The summed E-state index contributed by atoms with van der Waals surface area (Å²) in [5.74, 6) is -1.33. The van der Waals surface area contributed by atoms with Crippen LogP contribution in [-0.2, 0) is 9.53 Å². The highest BCUT2D eigenvalue weighted by atomic mass is 35.5. The van der Waals surface area contributed by atoms with Crippen molar-refractivity contribution in [3.05, 3.63) is 19.3 Å². The molecule has 0 aliphatic carbocycles. The number of methoxy groups -OCH3 is 1. The van der Waals surface area contributed by atoms with Crippen molar-refractivity contribution in [3.8, 4) is 0 Å². The van der Waals surface area contributed by atoms with Gasteiger partial charge in [0.05, 0.1) is 17.2 Å². The molecule has 0 bridgehead atoms. The molecular formula is C12H15Cl3N4O3S. The van der Waals surface area contributed by atoms with Crippen LogP contribution in [0.1, 0.15) is 22.5 Å². The fourth-order valence-corrected chi connectivity index (χ4v) is 3.36. The second kappa shape index (κ2) is 9.17. The van der Waals surface area contributed by atoms with Crippen LogP contribution in [0.2, 0.25) is 14.4 Å². The van der Waals surface area contributed by atoms with E-state index in [4.69, 9.17) is 45.9 Å². The Morgan fingerprint density at radius 3 is 2.48 bits per heavy atom. The second-order valence-corrected chi connectivity index (χ2v) is 6.74. The van der Waals surface area contributed by atoms with Gasteiger partial charge in [0, 0.05) is 6.54 Å². The number of esters is 1. The van der Waals surface area contributed by atoms with Gasteiger partial charge in [0.1, 0.15) is 15.3 Å². The molecule has 0 saturated heterocycles. The molecule has 1 aromatic heterocycles. The molecule has 1 aromatic rings. The monoisotopic (exact) mass is 400 g/mol. The Morgan fingerprint density at radius 2 is 2.00 bits per heavy atom. The van der Waals surface area contributed by atoms with E-state index in [1.165, 1.54) is 7.11 Å². The summed E-state index contributed by atoms with van der Waals surface area (Å²) in [4.78, 5) is 24.1. The Morgan fingerprint density at radius 1 is 1.35 bits per heavy atom. The summed E-state index contributed by atoms with van der Waals surface area (Å²) >= 11 is 18.5. The molecule has 1 heterocycles. The highest BCUT2D eigenvalue weighted by Crippen LogP contribution is 2.40. The smallest absolute Gasteiger partial charge is 0.328 e. The van der Waals surface area contributed by atoms with Crippen molar-refractivity contribution in [3.63, 3.8) is 0 Å². The summed E-state index contributed by atoms with van der Waals surface area (Å²) in [7, 11) is 1.22. The fourth-order valence-electron chi connectivity index (χ4n) is 1.66. The molecule has 11 heteroatoms. The van der Waals surface area contributed by atoms with Crippen molar-refractivity contribution in [2.24, 2.45) is 5.73 Å². The number of rotatable bonds is 7. The summed E-state index contributed by atoms with van der Waals surface area (Å²) in [5.41, 5.74) is 5.16. The summed E-state index contributed by atoms with van der Waals surface area (Å²) in [6.45, 7) is 0.385. The third-order valence-electron chi connectivity index (χ3n) is 2.74. The predicted octanol–water partition coefficient (Wildman–Crippen LogP) is 2.24. The average molecular weight is 402 g/mol. The van der Waals surface area contributed by atoms with Gasteiger partial charge in [-0.15, -0.1) is 11.3 Å². The highest BCUT2D eigenvalue weighted by molar-refractivity contribution is 7.19. The lowest BCUT2D eigenvalue weighted by atomic mass is 10.1. The first-order chi connectivity index (χ1) is 10.8. The lowest BCUT2D eigenvalue weighted by Gasteiger charge is -2.16. The first kappa shape index (κ1) is 19.8. The maximum atomic E-state index is 12.2. The third-order valence-corrected chi connectivity index (χ3v) is 5.31. The van der Waals surface area contributed by atoms with Crippen LogP contribution >= 0.6 is 46.1 Å². The summed E-state index contributed by atoms with van der Waals surface area (Å²) in [6, 6.07) is -0.864. The van der Waals surface area contributed by atoms with E-state index in [0.717, 1.165) is 11.3 Å². The molecular weight excluding hydrogens is 387 g/mol. The van der Waals surface area contributed by atoms with Crippen LogP contribution in [0.25, 0.3) is 0 Å². The SMILES string of the molecule is COC(=O)[C@H](CCCNC(=N)N)NC(=O)c1sc(Cl)c(Cl)c1Cl. The van der Waals surface area contributed by atoms with Crippen LogP contribution in [0.5, 0.6) is 0 Å². The van der Waals surface area contributed by atoms with Crippen LogP contribution < -0.4 is 16.4 Å². The topological polar surface area (TPSA) is 117 Å². The average Bonchev–Trinajstić information content (AvgIpc) is 2.76. The van der Waals surface area contributed by atoms with Crippen molar-refractivity contribution in [1.82, 2.24) is 10.6 Å². The lowest BCUT2D eigenvalue weighted by molar-refractivity contribution is -0.143. The molecule has 0 aliphatic rings. The van der Waals surface area contributed by atoms with Gasteiger partial charge in [0.25, 0.3) is 5.91 Å². The number of guanidine groups is 1. The molecule has 1 amide bonds. The molecule has 0 aromatic carbocycles. The number of hydrogen-bond donors (Lipinski definition) is 4. The Hall–Kier alpha value is -1.22. The van der Waals surface area contributed by atoms with Gasteiger partial charge in [-0.25, -0.2) is 4.79 Å². The molecule has 0 spiro atoms. The van der Waals surface area contributed by atoms with Crippen LogP contribution in [0.15, 0.2) is 0 Å². The maximum absolute atomic E-state index is 12.2. The molecule has 23 heavy (non-hydrogen) atoms. The second-order valence-electron chi connectivity index (χ2n) is 4.36. The van der Waals surface area contributed by atoms with Gasteiger partial charge < -0.3 is 21.1 Å². The van der Waals surface area contributed by atoms with Crippen molar-refractivity contribution in [2.45, 2.75) is 18.9 Å². The number of nitrogens with two attached hydrogens (primary N) is 1. The zero-order valence-corrected chi connectivity index (χ0v) is 15.1. The zero-order chi connectivity index (χ0) is 17.6. The standard InChI is InChI=1S/C12H15Cl3N4O3S/c1-22-11(21)5(3-2-4-18-12(16)17)19-10(20)8-6(13)7(14)9(15)23-8/h5H,2-4H2,1H3,(H,19,20)(H4,16,17,18)/t5-/m0/s1. The van der Waals surface area contributed by atoms with Crippen molar-refractivity contribution in [1.29, 1.82) is 5.41 Å². The van der Waals surface area contributed by atoms with Crippen LogP contribution in [0, 0.1) is 5.41 Å². The molecule has 7 nitrogen and oxygen atoms in total. The minimum Gasteiger partial charge on any atom is -0.467 e. The van der Waals surface area contributed by atoms with Crippen molar-refractivity contribution in [2.75, 3.05) is 13.7 Å². The minimum atomic E-state index is -0.864. The Labute approximate surface area is 151 Å². The van der Waals surface area contributed by atoms with Gasteiger partial charge >= 0.3 is 5.97 Å². The Balaban J connectivity index is 2.72. The molecule has 0 saturated carbocycles. The van der Waals surface area contributed by atoms with E-state index in [0.29, 0.717) is 19.4 Å². The van der Waals surface area contributed by atoms with Crippen molar-refractivity contribution < 1.29 is 14.3 Å². The molecule has 5 N–H and O–H groups in total. The molecule has 128 valence electrons. The summed E-state index contributed by atoms with van der Waals surface area (Å²) < 4.78 is 4.86. The predicted molar refractivity (Wildman–Crippen MR) is 91.8 cm³/mol. The Kier molecular flexibility index (Phi) is 7.90. The van der Waals surface area contributed by atoms with Crippen LogP contribution in [-0.4, -0.2) is 37.5 Å². The van der Waals surface area contributed by atoms with Crippen LogP contribution in [0.3, 0.4) is 0 Å². The van der Waals surface area contributed by atoms with Gasteiger partial charge in [0.2, 0.25) is 0 Å². The first-order valence-corrected chi connectivity index (χ1v) is 8.32. The van der Waals surface area contributed by atoms with Crippen molar-refractivity contribution >= 4 is 64.0 Å². The minimum absolute atomic E-state index is 0.0426. The van der Waals surface area contributed by atoms with Gasteiger partial charge in [-0.3, -0.25) is 10.2 Å². The molecule has 1 atom stereocenters. The van der Waals surface area contributed by atoms with E-state index in [9.17, 15) is 9.59 Å². The number of thiophene rings is 1. The van der Waals surface area contributed by atoms with E-state index >= 15 is 0 Å². The van der Waals surface area contributed by atoms with Gasteiger partial charge in [-0.05, 0) is 12.8 Å².